The molecule has 1 unspecified atom stereocenters. The molecule has 0 aliphatic carbocycles. The van der Waals surface area contributed by atoms with Crippen LogP contribution in [-0.4, -0.2) is 31.5 Å². The Balaban J connectivity index is 2.18. The van der Waals surface area contributed by atoms with Crippen molar-refractivity contribution < 1.29 is 22.3 Å². The molecule has 0 fully saturated rings. The number of hydrogen-bond donors (Lipinski definition) is 1. The number of sulfone groups is 1. The lowest BCUT2D eigenvalue weighted by molar-refractivity contribution is 0.310. The van der Waals surface area contributed by atoms with Crippen LogP contribution in [0.1, 0.15) is 22.1 Å². The van der Waals surface area contributed by atoms with E-state index >= 15 is 0 Å². The van der Waals surface area contributed by atoms with Gasteiger partial charge in [-0.15, -0.1) is 0 Å². The summed E-state index contributed by atoms with van der Waals surface area (Å²) in [6.45, 7) is -0.413. The van der Waals surface area contributed by atoms with Gasteiger partial charge < -0.3 is 5.11 Å². The van der Waals surface area contributed by atoms with E-state index in [0.29, 0.717) is 10.6 Å². The van der Waals surface area contributed by atoms with Crippen LogP contribution in [0.3, 0.4) is 0 Å². The number of pyridine rings is 1. The van der Waals surface area contributed by atoms with Crippen LogP contribution in [0, 0.1) is 11.6 Å². The van der Waals surface area contributed by atoms with Gasteiger partial charge in [0.1, 0.15) is 23.6 Å². The van der Waals surface area contributed by atoms with E-state index in [1.807, 2.05) is 0 Å². The van der Waals surface area contributed by atoms with E-state index < -0.39 is 33.5 Å². The molecule has 5 nitrogen and oxygen atoms in total. The SMILES string of the molecule is O=S(=O)(c1ccc(Cl)cc1)C(c1ccc(C=NCO)cn1)c1cc(F)ccc1F. The Hall–Kier alpha value is -2.68. The topological polar surface area (TPSA) is 79.6 Å². The molecular weight excluding hydrogens is 422 g/mol. The van der Waals surface area contributed by atoms with Crippen molar-refractivity contribution in [1.29, 1.82) is 0 Å². The lowest BCUT2D eigenvalue weighted by Crippen LogP contribution is -2.18. The molecule has 1 N–H and O–H groups in total. The monoisotopic (exact) mass is 436 g/mol. The summed E-state index contributed by atoms with van der Waals surface area (Å²) in [5.41, 5.74) is 0.153. The van der Waals surface area contributed by atoms with E-state index in [9.17, 15) is 17.2 Å². The standard InChI is InChI=1S/C20H15ClF2N2O3S/c21-14-2-5-16(6-3-14)29(27,28)20(17-9-15(22)4-7-18(17)23)19-8-1-13(11-25-19)10-24-12-26/h1-11,20,26H,12H2. The molecule has 0 aliphatic rings. The smallest absolute Gasteiger partial charge is 0.191 e. The number of halogens is 3. The van der Waals surface area contributed by atoms with E-state index in [0.717, 1.165) is 18.2 Å². The third-order valence-corrected chi connectivity index (χ3v) is 6.39. The maximum Gasteiger partial charge on any atom is 0.191 e. The van der Waals surface area contributed by atoms with Gasteiger partial charge in [0.15, 0.2) is 9.84 Å². The average molecular weight is 437 g/mol. The molecule has 0 spiro atoms. The highest BCUT2D eigenvalue weighted by Gasteiger charge is 2.34. The first-order valence-electron chi connectivity index (χ1n) is 8.34. The molecule has 1 atom stereocenters. The maximum atomic E-state index is 14.5. The highest BCUT2D eigenvalue weighted by atomic mass is 35.5. The molecule has 0 bridgehead atoms. The zero-order valence-corrected chi connectivity index (χ0v) is 16.4. The van der Waals surface area contributed by atoms with Crippen molar-refractivity contribution in [2.75, 3.05) is 6.73 Å². The quantitative estimate of drug-likeness (QED) is 0.593. The summed E-state index contributed by atoms with van der Waals surface area (Å²) >= 11 is 5.83. The van der Waals surface area contributed by atoms with Gasteiger partial charge in [0.2, 0.25) is 0 Å². The molecule has 3 aromatic rings. The zero-order chi connectivity index (χ0) is 21.0. The maximum absolute atomic E-state index is 14.5. The summed E-state index contributed by atoms with van der Waals surface area (Å²) in [6, 6.07) is 10.9. The summed E-state index contributed by atoms with van der Waals surface area (Å²) in [5, 5.41) is 7.50. The predicted molar refractivity (Wildman–Crippen MR) is 106 cm³/mol. The molecule has 1 aromatic heterocycles. The van der Waals surface area contributed by atoms with Gasteiger partial charge in [0, 0.05) is 28.6 Å². The van der Waals surface area contributed by atoms with Crippen LogP contribution in [-0.2, 0) is 9.84 Å². The summed E-state index contributed by atoms with van der Waals surface area (Å²) in [5.74, 6) is -1.65. The van der Waals surface area contributed by atoms with Crippen molar-refractivity contribution in [3.05, 3.63) is 94.3 Å². The number of aliphatic hydroxyl groups excluding tert-OH is 1. The van der Waals surface area contributed by atoms with Gasteiger partial charge in [-0.2, -0.15) is 0 Å². The van der Waals surface area contributed by atoms with Gasteiger partial charge in [-0.1, -0.05) is 17.7 Å². The molecule has 0 saturated heterocycles. The summed E-state index contributed by atoms with van der Waals surface area (Å²) in [7, 11) is -4.19. The average Bonchev–Trinajstić information content (AvgIpc) is 2.70. The van der Waals surface area contributed by atoms with E-state index in [4.69, 9.17) is 16.7 Å². The highest BCUT2D eigenvalue weighted by Crippen LogP contribution is 2.36. The molecule has 0 saturated carbocycles. The van der Waals surface area contributed by atoms with Crippen LogP contribution in [0.15, 0.2) is 70.7 Å². The van der Waals surface area contributed by atoms with Crippen molar-refractivity contribution in [3.63, 3.8) is 0 Å². The Labute approximate surface area is 171 Å². The number of aliphatic imine (C=N–C) groups is 1. The lowest BCUT2D eigenvalue weighted by Gasteiger charge is -2.19. The molecule has 1 heterocycles. The van der Waals surface area contributed by atoms with E-state index in [1.54, 1.807) is 0 Å². The molecule has 3 rings (SSSR count). The van der Waals surface area contributed by atoms with Crippen molar-refractivity contribution in [3.8, 4) is 0 Å². The summed E-state index contributed by atoms with van der Waals surface area (Å²) in [4.78, 5) is 7.67. The minimum absolute atomic E-state index is 0.00518. The van der Waals surface area contributed by atoms with Crippen LogP contribution < -0.4 is 0 Å². The molecule has 0 radical (unpaired) electrons. The molecule has 150 valence electrons. The fraction of sp³-hybridized carbons (Fsp3) is 0.100. The van der Waals surface area contributed by atoms with Gasteiger partial charge in [0.25, 0.3) is 0 Å². The molecule has 0 aliphatic heterocycles. The molecule has 9 heteroatoms. The van der Waals surface area contributed by atoms with Gasteiger partial charge >= 0.3 is 0 Å². The van der Waals surface area contributed by atoms with Crippen molar-refractivity contribution in [1.82, 2.24) is 4.98 Å². The first-order valence-corrected chi connectivity index (χ1v) is 10.3. The third kappa shape index (κ3) is 4.67. The zero-order valence-electron chi connectivity index (χ0n) is 14.8. The largest absolute Gasteiger partial charge is 0.375 e. The Kier molecular flexibility index (Phi) is 6.36. The van der Waals surface area contributed by atoms with E-state index in [1.165, 1.54) is 48.8 Å². The number of nitrogens with zero attached hydrogens (tertiary/aromatic N) is 2. The predicted octanol–water partition coefficient (Wildman–Crippen LogP) is 3.95. The van der Waals surface area contributed by atoms with Gasteiger partial charge in [-0.05, 0) is 48.5 Å². The van der Waals surface area contributed by atoms with Crippen LogP contribution in [0.25, 0.3) is 0 Å². The van der Waals surface area contributed by atoms with Crippen LogP contribution in [0.2, 0.25) is 5.02 Å². The molecule has 0 amide bonds. The second-order valence-electron chi connectivity index (χ2n) is 6.01. The van der Waals surface area contributed by atoms with E-state index in [2.05, 4.69) is 9.98 Å². The fourth-order valence-corrected chi connectivity index (χ4v) is 4.64. The van der Waals surface area contributed by atoms with Crippen LogP contribution in [0.5, 0.6) is 0 Å². The van der Waals surface area contributed by atoms with Gasteiger partial charge in [0.05, 0.1) is 10.6 Å². The Morgan fingerprint density at radius 2 is 1.83 bits per heavy atom. The number of benzene rings is 2. The van der Waals surface area contributed by atoms with E-state index in [-0.39, 0.29) is 16.2 Å². The van der Waals surface area contributed by atoms with Gasteiger partial charge in [-0.3, -0.25) is 9.98 Å². The van der Waals surface area contributed by atoms with Crippen LogP contribution in [0.4, 0.5) is 8.78 Å². The van der Waals surface area contributed by atoms with Crippen molar-refractivity contribution in [2.45, 2.75) is 10.1 Å². The van der Waals surface area contributed by atoms with Crippen LogP contribution >= 0.6 is 11.6 Å². The number of aliphatic hydroxyl groups is 1. The Morgan fingerprint density at radius 1 is 1.10 bits per heavy atom. The lowest BCUT2D eigenvalue weighted by atomic mass is 10.1. The number of rotatable bonds is 6. The number of aromatic nitrogens is 1. The third-order valence-electron chi connectivity index (χ3n) is 4.09. The highest BCUT2D eigenvalue weighted by molar-refractivity contribution is 7.91. The first kappa shape index (κ1) is 21.0. The van der Waals surface area contributed by atoms with Gasteiger partial charge in [-0.25, -0.2) is 17.2 Å². The van der Waals surface area contributed by atoms with Crippen molar-refractivity contribution in [2.24, 2.45) is 4.99 Å². The second kappa shape index (κ2) is 8.77. The minimum Gasteiger partial charge on any atom is -0.375 e. The first-order chi connectivity index (χ1) is 13.8. The summed E-state index contributed by atoms with van der Waals surface area (Å²) < 4.78 is 55.0. The Morgan fingerprint density at radius 3 is 2.45 bits per heavy atom. The molecular formula is C20H15ClF2N2O3S. The fourth-order valence-electron chi connectivity index (χ4n) is 2.76. The van der Waals surface area contributed by atoms with Crippen molar-refractivity contribution >= 4 is 27.7 Å². The normalized spacial score (nSPS) is 13.0. The number of hydrogen-bond acceptors (Lipinski definition) is 5. The molecule has 29 heavy (non-hydrogen) atoms. The minimum atomic E-state index is -4.19. The second-order valence-corrected chi connectivity index (χ2v) is 8.48. The molecule has 2 aromatic carbocycles. The Bertz CT molecular complexity index is 1140. The summed E-state index contributed by atoms with van der Waals surface area (Å²) in [6.07, 6.45) is 2.68.